The van der Waals surface area contributed by atoms with Gasteiger partial charge in [0.15, 0.2) is 0 Å². The van der Waals surface area contributed by atoms with Crippen LogP contribution in [0, 0.1) is 11.6 Å². The number of nitrogens with one attached hydrogen (secondary N) is 2. The fourth-order valence-corrected chi connectivity index (χ4v) is 2.22. The molecule has 1 aromatic rings. The first-order valence-corrected chi connectivity index (χ1v) is 6.07. The van der Waals surface area contributed by atoms with Crippen LogP contribution < -0.4 is 10.6 Å². The van der Waals surface area contributed by atoms with Gasteiger partial charge in [0.05, 0.1) is 12.1 Å². The Bertz CT molecular complexity index is 424. The van der Waals surface area contributed by atoms with E-state index < -0.39 is 17.7 Å². The predicted octanol–water partition coefficient (Wildman–Crippen LogP) is 1.89. The first-order valence-electron chi connectivity index (χ1n) is 6.07. The summed E-state index contributed by atoms with van der Waals surface area (Å²) in [6.07, 6.45) is 1.71. The third-order valence-electron chi connectivity index (χ3n) is 3.17. The molecule has 2 rings (SSSR count). The third-order valence-corrected chi connectivity index (χ3v) is 3.17. The van der Waals surface area contributed by atoms with Gasteiger partial charge >= 0.3 is 0 Å². The summed E-state index contributed by atoms with van der Waals surface area (Å²) in [5.41, 5.74) is -0.0937. The molecule has 0 spiro atoms. The van der Waals surface area contributed by atoms with Crippen molar-refractivity contribution in [3.8, 4) is 0 Å². The largest absolute Gasteiger partial charge is 0.348 e. The fraction of sp³-hybridized carbons (Fsp3) is 0.462. The van der Waals surface area contributed by atoms with Gasteiger partial charge in [0.2, 0.25) is 5.91 Å². The van der Waals surface area contributed by atoms with Crippen molar-refractivity contribution in [1.82, 2.24) is 10.6 Å². The smallest absolute Gasteiger partial charge is 0.237 e. The lowest BCUT2D eigenvalue weighted by atomic mass is 10.1. The molecule has 1 fully saturated rings. The minimum Gasteiger partial charge on any atom is -0.348 e. The Labute approximate surface area is 105 Å². The average molecular weight is 254 g/mol. The molecular formula is C13H16F2N2O. The normalized spacial score (nSPS) is 20.7. The van der Waals surface area contributed by atoms with E-state index in [1.165, 1.54) is 18.2 Å². The molecule has 0 saturated carbocycles. The molecule has 0 aliphatic carbocycles. The molecule has 1 aliphatic rings. The van der Waals surface area contributed by atoms with E-state index in [1.54, 1.807) is 6.92 Å². The van der Waals surface area contributed by atoms with Crippen LogP contribution in [-0.2, 0) is 4.79 Å². The predicted molar refractivity (Wildman–Crippen MR) is 63.9 cm³/mol. The van der Waals surface area contributed by atoms with Gasteiger partial charge < -0.3 is 10.6 Å². The first-order chi connectivity index (χ1) is 8.59. The lowest BCUT2D eigenvalue weighted by molar-refractivity contribution is -0.123. The number of halogens is 2. The minimum atomic E-state index is -0.680. The van der Waals surface area contributed by atoms with Crippen molar-refractivity contribution in [2.75, 3.05) is 6.54 Å². The van der Waals surface area contributed by atoms with Gasteiger partial charge in [0, 0.05) is 5.56 Å². The van der Waals surface area contributed by atoms with Gasteiger partial charge in [-0.1, -0.05) is 6.07 Å². The Morgan fingerprint density at radius 3 is 2.67 bits per heavy atom. The highest BCUT2D eigenvalue weighted by molar-refractivity contribution is 5.82. The molecule has 1 aromatic carbocycles. The molecular weight excluding hydrogens is 238 g/mol. The molecule has 1 unspecified atom stereocenters. The number of rotatable bonds is 3. The average Bonchev–Trinajstić information content (AvgIpc) is 2.81. The second kappa shape index (κ2) is 5.44. The van der Waals surface area contributed by atoms with E-state index in [4.69, 9.17) is 0 Å². The summed E-state index contributed by atoms with van der Waals surface area (Å²) in [5.74, 6) is -1.48. The second-order valence-corrected chi connectivity index (χ2v) is 4.51. The van der Waals surface area contributed by atoms with Crippen LogP contribution >= 0.6 is 0 Å². The van der Waals surface area contributed by atoms with Gasteiger partial charge in [-0.3, -0.25) is 4.79 Å². The second-order valence-electron chi connectivity index (χ2n) is 4.51. The monoisotopic (exact) mass is 254 g/mol. The number of hydrogen-bond acceptors (Lipinski definition) is 2. The van der Waals surface area contributed by atoms with Crippen molar-refractivity contribution in [2.45, 2.75) is 31.8 Å². The van der Waals surface area contributed by atoms with Crippen molar-refractivity contribution < 1.29 is 13.6 Å². The summed E-state index contributed by atoms with van der Waals surface area (Å²) in [6, 6.07) is 2.76. The van der Waals surface area contributed by atoms with E-state index in [9.17, 15) is 13.6 Å². The van der Waals surface area contributed by atoms with Crippen molar-refractivity contribution in [1.29, 1.82) is 0 Å². The van der Waals surface area contributed by atoms with Gasteiger partial charge in [-0.05, 0) is 38.4 Å². The van der Waals surface area contributed by atoms with Crippen LogP contribution in [0.3, 0.4) is 0 Å². The molecule has 3 nitrogen and oxygen atoms in total. The SMILES string of the molecule is CC(NC(=O)[C@@H]1CCCN1)c1c(F)cccc1F. The molecule has 1 amide bonds. The molecule has 5 heteroatoms. The van der Waals surface area contributed by atoms with Gasteiger partial charge in [0.1, 0.15) is 11.6 Å². The van der Waals surface area contributed by atoms with Crippen LogP contribution in [-0.4, -0.2) is 18.5 Å². The van der Waals surface area contributed by atoms with Crippen LogP contribution in [0.1, 0.15) is 31.4 Å². The lowest BCUT2D eigenvalue weighted by Crippen LogP contribution is -2.41. The molecule has 0 bridgehead atoms. The summed E-state index contributed by atoms with van der Waals surface area (Å²) in [4.78, 5) is 11.8. The summed E-state index contributed by atoms with van der Waals surface area (Å²) < 4.78 is 27.0. The molecule has 0 aromatic heterocycles. The van der Waals surface area contributed by atoms with Gasteiger partial charge in [0.25, 0.3) is 0 Å². The standard InChI is InChI=1S/C13H16F2N2O/c1-8(12-9(14)4-2-5-10(12)15)17-13(18)11-6-3-7-16-11/h2,4-5,8,11,16H,3,6-7H2,1H3,(H,17,18)/t8?,11-/m0/s1. The maximum atomic E-state index is 13.5. The molecule has 1 saturated heterocycles. The van der Waals surface area contributed by atoms with Crippen molar-refractivity contribution in [2.24, 2.45) is 0 Å². The quantitative estimate of drug-likeness (QED) is 0.865. The first kappa shape index (κ1) is 13.0. The maximum absolute atomic E-state index is 13.5. The van der Waals surface area contributed by atoms with E-state index in [0.29, 0.717) is 0 Å². The summed E-state index contributed by atoms with van der Waals surface area (Å²) in [5, 5.41) is 5.68. The van der Waals surface area contributed by atoms with Crippen LogP contribution in [0.25, 0.3) is 0 Å². The van der Waals surface area contributed by atoms with E-state index >= 15 is 0 Å². The van der Waals surface area contributed by atoms with Crippen LogP contribution in [0.5, 0.6) is 0 Å². The van der Waals surface area contributed by atoms with Crippen molar-refractivity contribution >= 4 is 5.91 Å². The van der Waals surface area contributed by atoms with E-state index in [0.717, 1.165) is 19.4 Å². The van der Waals surface area contributed by atoms with Gasteiger partial charge in [-0.15, -0.1) is 0 Å². The highest BCUT2D eigenvalue weighted by Gasteiger charge is 2.25. The zero-order valence-electron chi connectivity index (χ0n) is 10.2. The number of amides is 1. The van der Waals surface area contributed by atoms with Crippen LogP contribution in [0.4, 0.5) is 8.78 Å². The topological polar surface area (TPSA) is 41.1 Å². The number of hydrogen-bond donors (Lipinski definition) is 2. The third kappa shape index (κ3) is 2.67. The minimum absolute atomic E-state index is 0.0937. The Balaban J connectivity index is 2.07. The molecule has 1 heterocycles. The highest BCUT2D eigenvalue weighted by Crippen LogP contribution is 2.20. The number of carbonyl (C=O) groups excluding carboxylic acids is 1. The zero-order chi connectivity index (χ0) is 13.1. The Morgan fingerprint density at radius 1 is 1.44 bits per heavy atom. The highest BCUT2D eigenvalue weighted by atomic mass is 19.1. The van der Waals surface area contributed by atoms with E-state index in [2.05, 4.69) is 10.6 Å². The number of benzene rings is 1. The summed E-state index contributed by atoms with van der Waals surface area (Å²) in [7, 11) is 0. The molecule has 0 radical (unpaired) electrons. The summed E-state index contributed by atoms with van der Waals surface area (Å²) in [6.45, 7) is 2.38. The van der Waals surface area contributed by atoms with Gasteiger partial charge in [-0.25, -0.2) is 8.78 Å². The van der Waals surface area contributed by atoms with Crippen molar-refractivity contribution in [3.63, 3.8) is 0 Å². The summed E-state index contributed by atoms with van der Waals surface area (Å²) >= 11 is 0. The molecule has 18 heavy (non-hydrogen) atoms. The van der Waals surface area contributed by atoms with Gasteiger partial charge in [-0.2, -0.15) is 0 Å². The van der Waals surface area contributed by atoms with E-state index in [-0.39, 0.29) is 17.5 Å². The molecule has 2 atom stereocenters. The molecule has 1 aliphatic heterocycles. The molecule has 98 valence electrons. The number of carbonyl (C=O) groups is 1. The van der Waals surface area contributed by atoms with Crippen LogP contribution in [0.2, 0.25) is 0 Å². The zero-order valence-corrected chi connectivity index (χ0v) is 10.2. The lowest BCUT2D eigenvalue weighted by Gasteiger charge is -2.18. The Morgan fingerprint density at radius 2 is 2.11 bits per heavy atom. The molecule has 2 N–H and O–H groups in total. The van der Waals surface area contributed by atoms with Crippen LogP contribution in [0.15, 0.2) is 18.2 Å². The van der Waals surface area contributed by atoms with E-state index in [1.807, 2.05) is 0 Å². The Kier molecular flexibility index (Phi) is 3.91. The fourth-order valence-electron chi connectivity index (χ4n) is 2.22. The Hall–Kier alpha value is -1.49. The maximum Gasteiger partial charge on any atom is 0.237 e. The van der Waals surface area contributed by atoms with Crippen molar-refractivity contribution in [3.05, 3.63) is 35.4 Å².